The van der Waals surface area contributed by atoms with Crippen LogP contribution in [0.25, 0.3) is 0 Å². The Hall–Kier alpha value is -1.33. The number of hydrogen-bond donors (Lipinski definition) is 1. The van der Waals surface area contributed by atoms with Crippen molar-refractivity contribution in [2.75, 3.05) is 5.73 Å². The van der Waals surface area contributed by atoms with E-state index in [1.807, 2.05) is 0 Å². The maximum Gasteiger partial charge on any atom is 0.145 e. The van der Waals surface area contributed by atoms with Gasteiger partial charge in [0, 0.05) is 16.7 Å². The molecule has 0 fully saturated rings. The van der Waals surface area contributed by atoms with Gasteiger partial charge in [-0.25, -0.2) is 8.78 Å². The first-order valence-corrected chi connectivity index (χ1v) is 6.45. The topological polar surface area (TPSA) is 35.2 Å². The number of halogens is 4. The highest BCUT2D eigenvalue weighted by Gasteiger charge is 2.09. The zero-order valence-electron chi connectivity index (χ0n) is 9.59. The minimum atomic E-state index is -0.504. The second-order valence-corrected chi connectivity index (χ2v) is 5.12. The van der Waals surface area contributed by atoms with Crippen LogP contribution in [0.1, 0.15) is 5.56 Å². The highest BCUT2D eigenvalue weighted by molar-refractivity contribution is 9.10. The lowest BCUT2D eigenvalue weighted by Gasteiger charge is -2.10. The van der Waals surface area contributed by atoms with Gasteiger partial charge in [-0.3, -0.25) is 0 Å². The van der Waals surface area contributed by atoms with E-state index in [1.165, 1.54) is 24.3 Å². The van der Waals surface area contributed by atoms with Crippen LogP contribution in [0, 0.1) is 11.6 Å². The van der Waals surface area contributed by atoms with Gasteiger partial charge < -0.3 is 10.5 Å². The Labute approximate surface area is 122 Å². The fourth-order valence-corrected chi connectivity index (χ4v) is 2.03. The third kappa shape index (κ3) is 3.36. The quantitative estimate of drug-likeness (QED) is 0.826. The first kappa shape index (κ1) is 14.1. The van der Waals surface area contributed by atoms with Gasteiger partial charge in [0.25, 0.3) is 0 Å². The summed E-state index contributed by atoms with van der Waals surface area (Å²) in [6.45, 7) is -0.0856. The van der Waals surface area contributed by atoms with Crippen molar-refractivity contribution in [2.24, 2.45) is 0 Å². The average Bonchev–Trinajstić information content (AvgIpc) is 2.36. The Morgan fingerprint density at radius 2 is 1.89 bits per heavy atom. The molecule has 0 aliphatic rings. The Morgan fingerprint density at radius 3 is 2.63 bits per heavy atom. The molecule has 0 saturated heterocycles. The number of hydrogen-bond acceptors (Lipinski definition) is 2. The van der Waals surface area contributed by atoms with Crippen molar-refractivity contribution in [1.82, 2.24) is 0 Å². The van der Waals surface area contributed by atoms with Crippen LogP contribution >= 0.6 is 27.5 Å². The van der Waals surface area contributed by atoms with Gasteiger partial charge in [-0.2, -0.15) is 0 Å². The van der Waals surface area contributed by atoms with E-state index in [0.29, 0.717) is 5.02 Å². The van der Waals surface area contributed by atoms with Crippen LogP contribution in [-0.4, -0.2) is 0 Å². The van der Waals surface area contributed by atoms with Gasteiger partial charge in [0.15, 0.2) is 0 Å². The molecule has 0 aliphatic carbocycles. The van der Waals surface area contributed by atoms with Crippen molar-refractivity contribution in [1.29, 1.82) is 0 Å². The summed E-state index contributed by atoms with van der Waals surface area (Å²) in [6.07, 6.45) is 0. The molecule has 19 heavy (non-hydrogen) atoms. The molecule has 0 spiro atoms. The molecule has 2 rings (SSSR count). The molecular formula is C13H9BrClF2NO. The zero-order valence-corrected chi connectivity index (χ0v) is 11.9. The number of anilines is 1. The van der Waals surface area contributed by atoms with Crippen LogP contribution < -0.4 is 10.5 Å². The summed E-state index contributed by atoms with van der Waals surface area (Å²) in [5, 5.41) is 0.398. The molecule has 2 aromatic rings. The van der Waals surface area contributed by atoms with Crippen molar-refractivity contribution in [3.63, 3.8) is 0 Å². The maximum atomic E-state index is 13.5. The fourth-order valence-electron chi connectivity index (χ4n) is 1.48. The van der Waals surface area contributed by atoms with Gasteiger partial charge in [-0.15, -0.1) is 0 Å². The Kier molecular flexibility index (Phi) is 4.27. The van der Waals surface area contributed by atoms with E-state index < -0.39 is 11.6 Å². The Bertz CT molecular complexity index is 622. The molecule has 0 aromatic heterocycles. The normalized spacial score (nSPS) is 10.5. The molecule has 0 saturated carbocycles. The maximum absolute atomic E-state index is 13.5. The number of nitrogen functional groups attached to an aromatic ring is 1. The first-order valence-electron chi connectivity index (χ1n) is 5.28. The van der Waals surface area contributed by atoms with E-state index in [-0.39, 0.29) is 28.1 Å². The molecule has 0 heterocycles. The van der Waals surface area contributed by atoms with Crippen molar-refractivity contribution >= 4 is 33.2 Å². The van der Waals surface area contributed by atoms with Crippen LogP contribution in [0.2, 0.25) is 5.02 Å². The fraction of sp³-hybridized carbons (Fsp3) is 0.0769. The molecule has 2 N–H and O–H groups in total. The van der Waals surface area contributed by atoms with Crippen LogP contribution in [0.5, 0.6) is 5.75 Å². The average molecular weight is 349 g/mol. The summed E-state index contributed by atoms with van der Waals surface area (Å²) in [5.74, 6) is -0.795. The molecule has 0 aliphatic heterocycles. The molecular weight excluding hydrogens is 340 g/mol. The van der Waals surface area contributed by atoms with Gasteiger partial charge in [0.2, 0.25) is 0 Å². The van der Waals surface area contributed by atoms with Gasteiger partial charge in [-0.05, 0) is 40.2 Å². The summed E-state index contributed by atoms with van der Waals surface area (Å²) in [4.78, 5) is 0. The number of rotatable bonds is 3. The monoisotopic (exact) mass is 347 g/mol. The Morgan fingerprint density at radius 1 is 1.16 bits per heavy atom. The minimum Gasteiger partial charge on any atom is -0.487 e. The van der Waals surface area contributed by atoms with E-state index in [4.69, 9.17) is 22.1 Å². The minimum absolute atomic E-state index is 0.0856. The van der Waals surface area contributed by atoms with E-state index in [2.05, 4.69) is 15.9 Å². The lowest BCUT2D eigenvalue weighted by molar-refractivity contribution is 0.300. The SMILES string of the molecule is Nc1cc(Br)c(F)cc1OCc1cc(Cl)ccc1F. The molecule has 100 valence electrons. The lowest BCUT2D eigenvalue weighted by atomic mass is 10.2. The van der Waals surface area contributed by atoms with Crippen molar-refractivity contribution in [3.8, 4) is 5.75 Å². The third-order valence-electron chi connectivity index (χ3n) is 2.44. The predicted octanol–water partition coefficient (Wildman–Crippen LogP) is 4.54. The predicted molar refractivity (Wildman–Crippen MR) is 74.3 cm³/mol. The molecule has 2 nitrogen and oxygen atoms in total. The standard InChI is InChI=1S/C13H9BrClF2NO/c14-9-4-12(18)13(5-11(9)17)19-6-7-3-8(15)1-2-10(7)16/h1-5H,6,18H2. The van der Waals surface area contributed by atoms with Crippen molar-refractivity contribution < 1.29 is 13.5 Å². The van der Waals surface area contributed by atoms with Gasteiger partial charge in [0.1, 0.15) is 24.0 Å². The molecule has 0 radical (unpaired) electrons. The number of ether oxygens (including phenoxy) is 1. The van der Waals surface area contributed by atoms with Gasteiger partial charge in [-0.1, -0.05) is 11.6 Å². The number of nitrogens with two attached hydrogens (primary N) is 1. The second kappa shape index (κ2) is 5.75. The Balaban J connectivity index is 2.19. The molecule has 0 unspecified atom stereocenters. The highest BCUT2D eigenvalue weighted by Crippen LogP contribution is 2.29. The first-order chi connectivity index (χ1) is 8.97. The summed E-state index contributed by atoms with van der Waals surface area (Å²) >= 11 is 8.77. The zero-order chi connectivity index (χ0) is 14.0. The third-order valence-corrected chi connectivity index (χ3v) is 3.29. The summed E-state index contributed by atoms with van der Waals surface area (Å²) in [5.41, 5.74) is 6.21. The van der Waals surface area contributed by atoms with Gasteiger partial charge in [0.05, 0.1) is 10.2 Å². The van der Waals surface area contributed by atoms with Gasteiger partial charge >= 0.3 is 0 Å². The smallest absolute Gasteiger partial charge is 0.145 e. The second-order valence-electron chi connectivity index (χ2n) is 3.83. The lowest BCUT2D eigenvalue weighted by Crippen LogP contribution is -2.01. The molecule has 0 amide bonds. The summed E-state index contributed by atoms with van der Waals surface area (Å²) in [6, 6.07) is 6.66. The van der Waals surface area contributed by atoms with E-state index >= 15 is 0 Å². The van der Waals surface area contributed by atoms with Crippen LogP contribution in [-0.2, 0) is 6.61 Å². The van der Waals surface area contributed by atoms with Crippen molar-refractivity contribution in [3.05, 3.63) is 57.0 Å². The summed E-state index contributed by atoms with van der Waals surface area (Å²) < 4.78 is 32.4. The highest BCUT2D eigenvalue weighted by atomic mass is 79.9. The number of benzene rings is 2. The van der Waals surface area contributed by atoms with Crippen LogP contribution in [0.15, 0.2) is 34.8 Å². The summed E-state index contributed by atoms with van der Waals surface area (Å²) in [7, 11) is 0. The largest absolute Gasteiger partial charge is 0.487 e. The van der Waals surface area contributed by atoms with E-state index in [0.717, 1.165) is 6.07 Å². The van der Waals surface area contributed by atoms with Crippen LogP contribution in [0.4, 0.5) is 14.5 Å². The molecule has 0 atom stereocenters. The molecule has 6 heteroatoms. The van der Waals surface area contributed by atoms with Crippen LogP contribution in [0.3, 0.4) is 0 Å². The molecule has 2 aromatic carbocycles. The molecule has 0 bridgehead atoms. The van der Waals surface area contributed by atoms with Crippen molar-refractivity contribution in [2.45, 2.75) is 6.61 Å². The van der Waals surface area contributed by atoms with E-state index in [1.54, 1.807) is 0 Å². The van der Waals surface area contributed by atoms with E-state index in [9.17, 15) is 8.78 Å².